The lowest BCUT2D eigenvalue weighted by Gasteiger charge is -2.19. The Balaban J connectivity index is 0.000000553. The summed E-state index contributed by atoms with van der Waals surface area (Å²) in [6, 6.07) is 4.44. The zero-order chi connectivity index (χ0) is 32.1. The first kappa shape index (κ1) is 34.0. The van der Waals surface area contributed by atoms with Crippen LogP contribution in [0.3, 0.4) is 0 Å². The second-order valence-electron chi connectivity index (χ2n) is 9.43. The Hall–Kier alpha value is -5.16. The number of nitrogens with zero attached hydrogens (tertiary/aromatic N) is 5. The number of nitrogens with two attached hydrogens (primary N) is 4. The zero-order valence-corrected chi connectivity index (χ0v) is 23.5. The van der Waals surface area contributed by atoms with E-state index in [0.717, 1.165) is 18.5 Å². The lowest BCUT2D eigenvalue weighted by Crippen LogP contribution is -2.41. The van der Waals surface area contributed by atoms with Crippen molar-refractivity contribution in [1.29, 1.82) is 0 Å². The fourth-order valence-electron chi connectivity index (χ4n) is 3.66. The van der Waals surface area contributed by atoms with Gasteiger partial charge in [-0.1, -0.05) is 6.42 Å². The van der Waals surface area contributed by atoms with Crippen molar-refractivity contribution in [2.24, 2.45) is 11.5 Å². The molecule has 0 aliphatic heterocycles. The number of aliphatic carboxylic acids is 3. The molecule has 2 heterocycles. The average molecular weight is 601 g/mol. The Bertz CT molecular complexity index is 1420. The number of fused-ring (bicyclic) bond motifs is 1. The number of unbranched alkanes of at least 4 members (excludes halogenated alkanes) is 1. The van der Waals surface area contributed by atoms with E-state index in [1.807, 2.05) is 11.9 Å². The molecule has 3 rings (SSSR count). The van der Waals surface area contributed by atoms with Crippen molar-refractivity contribution in [3.05, 3.63) is 41.7 Å². The van der Waals surface area contributed by atoms with Crippen LogP contribution in [-0.4, -0.2) is 84.7 Å². The van der Waals surface area contributed by atoms with Gasteiger partial charge in [0.2, 0.25) is 5.95 Å². The smallest absolute Gasteiger partial charge is 0.326 e. The number of nitrogen functional groups attached to an aromatic ring is 2. The highest BCUT2D eigenvalue weighted by molar-refractivity contribution is 5.97. The van der Waals surface area contributed by atoms with Crippen molar-refractivity contribution >= 4 is 52.4 Å². The molecule has 2 unspecified atom stereocenters. The second-order valence-corrected chi connectivity index (χ2v) is 9.43. The Kier molecular flexibility index (Phi) is 12.9. The monoisotopic (exact) mass is 600 g/mol. The molecule has 3 aromatic rings. The molecule has 232 valence electrons. The van der Waals surface area contributed by atoms with E-state index in [0.29, 0.717) is 36.4 Å². The molecule has 2 aromatic heterocycles. The standard InChI is InChI=1S/C20H22N8O5.C6H14N2O2/c1-28(9-11-8-23-17-15(24-11)16(21)26-20(22)27-17)12-4-2-10(3-5-12)18(31)25-13(19(32)33)6-7-14(29)30;7-4-2-1-3-5(8)6(9)10/h2-5,8,13H,6-7,9H2,1H3,(H,25,31)(H,29,30)(H,32,33)(H4,21,22,23,26,27);5H,1-4,7-8H2,(H,9,10). The molecule has 0 saturated heterocycles. The van der Waals surface area contributed by atoms with Gasteiger partial charge in [-0.05, 0) is 50.1 Å². The second kappa shape index (κ2) is 16.3. The summed E-state index contributed by atoms with van der Waals surface area (Å²) in [5.74, 6) is -3.84. The third kappa shape index (κ3) is 11.0. The summed E-state index contributed by atoms with van der Waals surface area (Å²) in [5, 5.41) is 28.6. The van der Waals surface area contributed by atoms with Crippen molar-refractivity contribution in [2.45, 2.75) is 50.7 Å². The van der Waals surface area contributed by atoms with Gasteiger partial charge in [0, 0.05) is 24.7 Å². The lowest BCUT2D eigenvalue weighted by molar-refractivity contribution is -0.141. The van der Waals surface area contributed by atoms with Crippen LogP contribution < -0.4 is 33.2 Å². The Morgan fingerprint density at radius 2 is 1.63 bits per heavy atom. The van der Waals surface area contributed by atoms with E-state index in [-0.39, 0.29) is 30.2 Å². The maximum absolute atomic E-state index is 12.4. The molecular formula is C26H36N10O7. The van der Waals surface area contributed by atoms with Crippen LogP contribution in [0.2, 0.25) is 0 Å². The predicted octanol–water partition coefficient (Wildman–Crippen LogP) is -0.204. The molecule has 2 atom stereocenters. The molecule has 0 fully saturated rings. The number of carbonyl (C=O) groups is 4. The molecule has 43 heavy (non-hydrogen) atoms. The first-order valence-electron chi connectivity index (χ1n) is 13.1. The van der Waals surface area contributed by atoms with E-state index < -0.39 is 35.9 Å². The molecule has 0 radical (unpaired) electrons. The van der Waals surface area contributed by atoms with Crippen LogP contribution in [0.15, 0.2) is 30.5 Å². The van der Waals surface area contributed by atoms with Gasteiger partial charge in [-0.15, -0.1) is 0 Å². The quantitative estimate of drug-likeness (QED) is 0.111. The number of aromatic nitrogens is 4. The van der Waals surface area contributed by atoms with Gasteiger partial charge >= 0.3 is 17.9 Å². The molecule has 1 amide bonds. The first-order valence-corrected chi connectivity index (χ1v) is 13.1. The van der Waals surface area contributed by atoms with Crippen LogP contribution in [0.5, 0.6) is 0 Å². The summed E-state index contributed by atoms with van der Waals surface area (Å²) in [6.07, 6.45) is 3.13. The number of nitrogens with one attached hydrogen (secondary N) is 1. The van der Waals surface area contributed by atoms with Crippen LogP contribution in [-0.2, 0) is 20.9 Å². The van der Waals surface area contributed by atoms with E-state index in [1.165, 1.54) is 12.1 Å². The number of benzene rings is 1. The molecule has 1 aromatic carbocycles. The minimum Gasteiger partial charge on any atom is -0.481 e. The number of anilines is 3. The van der Waals surface area contributed by atoms with Crippen LogP contribution >= 0.6 is 0 Å². The van der Waals surface area contributed by atoms with Crippen molar-refractivity contribution in [2.75, 3.05) is 30.0 Å². The topological polar surface area (TPSA) is 300 Å². The van der Waals surface area contributed by atoms with Gasteiger partial charge in [0.1, 0.15) is 12.1 Å². The number of hydrogen-bond acceptors (Lipinski definition) is 13. The summed E-state index contributed by atoms with van der Waals surface area (Å²) in [4.78, 5) is 62.8. The average Bonchev–Trinajstić information content (AvgIpc) is 2.95. The number of amides is 1. The number of carboxylic acid groups (broad SMARTS) is 3. The summed E-state index contributed by atoms with van der Waals surface area (Å²) in [6.45, 7) is 0.973. The van der Waals surface area contributed by atoms with Crippen molar-refractivity contribution in [3.8, 4) is 0 Å². The highest BCUT2D eigenvalue weighted by Gasteiger charge is 2.21. The van der Waals surface area contributed by atoms with Crippen molar-refractivity contribution in [1.82, 2.24) is 25.3 Å². The molecule has 0 aliphatic rings. The number of hydrogen-bond donors (Lipinski definition) is 8. The minimum atomic E-state index is -1.30. The Morgan fingerprint density at radius 1 is 0.953 bits per heavy atom. The minimum absolute atomic E-state index is 0.0138. The van der Waals surface area contributed by atoms with E-state index in [9.17, 15) is 24.3 Å². The summed E-state index contributed by atoms with van der Waals surface area (Å²) >= 11 is 0. The van der Waals surface area contributed by atoms with Crippen LogP contribution in [0.1, 0.15) is 48.2 Å². The summed E-state index contributed by atoms with van der Waals surface area (Å²) in [7, 11) is 1.82. The van der Waals surface area contributed by atoms with Gasteiger partial charge in [-0.2, -0.15) is 9.97 Å². The fourth-order valence-corrected chi connectivity index (χ4v) is 3.66. The van der Waals surface area contributed by atoms with Gasteiger partial charge in [-0.3, -0.25) is 14.4 Å². The highest BCUT2D eigenvalue weighted by atomic mass is 16.4. The van der Waals surface area contributed by atoms with Gasteiger partial charge < -0.3 is 48.5 Å². The zero-order valence-electron chi connectivity index (χ0n) is 23.5. The normalized spacial score (nSPS) is 12.0. The van der Waals surface area contributed by atoms with Crippen LogP contribution in [0.25, 0.3) is 11.2 Å². The lowest BCUT2D eigenvalue weighted by atomic mass is 10.1. The number of rotatable bonds is 14. The molecule has 0 bridgehead atoms. The van der Waals surface area contributed by atoms with E-state index in [2.05, 4.69) is 25.3 Å². The van der Waals surface area contributed by atoms with Crippen molar-refractivity contribution in [3.63, 3.8) is 0 Å². The highest BCUT2D eigenvalue weighted by Crippen LogP contribution is 2.19. The molecule has 0 aliphatic carbocycles. The predicted molar refractivity (Wildman–Crippen MR) is 157 cm³/mol. The SMILES string of the molecule is CN(Cc1cnc2nc(N)nc(N)c2n1)c1ccc(C(=O)NC(CCC(=O)O)C(=O)O)cc1.NCCCCC(N)C(=O)O. The van der Waals surface area contributed by atoms with Gasteiger partial charge in [0.15, 0.2) is 17.0 Å². The van der Waals surface area contributed by atoms with Crippen LogP contribution in [0.4, 0.5) is 17.5 Å². The third-order valence-electron chi connectivity index (χ3n) is 6.01. The van der Waals surface area contributed by atoms with Gasteiger partial charge in [0.05, 0.1) is 18.4 Å². The third-order valence-corrected chi connectivity index (χ3v) is 6.01. The van der Waals surface area contributed by atoms with Gasteiger partial charge in [-0.25, -0.2) is 14.8 Å². The van der Waals surface area contributed by atoms with E-state index >= 15 is 0 Å². The molecule has 12 N–H and O–H groups in total. The Morgan fingerprint density at radius 3 is 2.21 bits per heavy atom. The maximum atomic E-state index is 12.4. The van der Waals surface area contributed by atoms with E-state index in [4.69, 9.17) is 33.1 Å². The molecule has 17 heteroatoms. The Labute approximate surface area is 246 Å². The summed E-state index contributed by atoms with van der Waals surface area (Å²) < 4.78 is 0. The number of carboxylic acids is 3. The number of carbonyl (C=O) groups excluding carboxylic acids is 1. The molecular weight excluding hydrogens is 564 g/mol. The fraction of sp³-hybridized carbons (Fsp3) is 0.385. The van der Waals surface area contributed by atoms with Crippen molar-refractivity contribution < 1.29 is 34.5 Å². The first-order chi connectivity index (χ1) is 20.3. The molecule has 17 nitrogen and oxygen atoms in total. The largest absolute Gasteiger partial charge is 0.481 e. The molecule has 0 spiro atoms. The summed E-state index contributed by atoms with van der Waals surface area (Å²) in [5.41, 5.74) is 24.1. The molecule has 0 saturated carbocycles. The maximum Gasteiger partial charge on any atom is 0.326 e. The van der Waals surface area contributed by atoms with Gasteiger partial charge in [0.25, 0.3) is 5.91 Å². The van der Waals surface area contributed by atoms with E-state index in [1.54, 1.807) is 18.3 Å². The van der Waals surface area contributed by atoms with Crippen LogP contribution in [0, 0.1) is 0 Å².